The van der Waals surface area contributed by atoms with E-state index in [9.17, 15) is 4.79 Å². The van der Waals surface area contributed by atoms with E-state index in [4.69, 9.17) is 5.11 Å². The van der Waals surface area contributed by atoms with Gasteiger partial charge in [0.1, 0.15) is 0 Å². The summed E-state index contributed by atoms with van der Waals surface area (Å²) in [6.07, 6.45) is 4.07. The Morgan fingerprint density at radius 1 is 1.47 bits per heavy atom. The number of hydrogen-bond donors (Lipinski definition) is 1. The van der Waals surface area contributed by atoms with Crippen LogP contribution in [0.15, 0.2) is 28.7 Å². The van der Waals surface area contributed by atoms with E-state index in [2.05, 4.69) is 22.0 Å². The van der Waals surface area contributed by atoms with E-state index in [1.54, 1.807) is 0 Å². The Hall–Kier alpha value is -1.09. The summed E-state index contributed by atoms with van der Waals surface area (Å²) in [5.74, 6) is -0.773. The lowest BCUT2D eigenvalue weighted by Gasteiger charge is -2.18. The van der Waals surface area contributed by atoms with E-state index in [0.717, 1.165) is 28.5 Å². The van der Waals surface area contributed by atoms with E-state index in [0.29, 0.717) is 0 Å². The molecule has 1 aliphatic rings. The Balaban J connectivity index is 2.45. The maximum atomic E-state index is 10.7. The molecule has 0 unspecified atom stereocenters. The number of carboxylic acid groups (broad SMARTS) is 1. The monoisotopic (exact) mass is 266 g/mol. The van der Waals surface area contributed by atoms with Crippen molar-refractivity contribution in [3.05, 3.63) is 39.9 Å². The minimum atomic E-state index is -0.773. The molecule has 1 aliphatic carbocycles. The molecule has 0 radical (unpaired) electrons. The van der Waals surface area contributed by atoms with E-state index in [1.165, 1.54) is 5.56 Å². The van der Waals surface area contributed by atoms with Gasteiger partial charge in [-0.2, -0.15) is 0 Å². The lowest BCUT2D eigenvalue weighted by atomic mass is 9.89. The number of benzene rings is 1. The van der Waals surface area contributed by atoms with E-state index in [-0.39, 0.29) is 6.42 Å². The Kier molecular flexibility index (Phi) is 2.91. The quantitative estimate of drug-likeness (QED) is 0.893. The molecule has 0 saturated heterocycles. The first-order valence-electron chi connectivity index (χ1n) is 4.87. The van der Waals surface area contributed by atoms with Crippen molar-refractivity contribution in [1.82, 2.24) is 0 Å². The Morgan fingerprint density at radius 3 is 3.00 bits per heavy atom. The molecule has 2 nitrogen and oxygen atoms in total. The molecule has 1 aromatic rings. The van der Waals surface area contributed by atoms with Crippen LogP contribution in [0.4, 0.5) is 0 Å². The summed E-state index contributed by atoms with van der Waals surface area (Å²) in [5.41, 5.74) is 3.24. The molecule has 0 amide bonds. The fourth-order valence-corrected chi connectivity index (χ4v) is 2.63. The lowest BCUT2D eigenvalue weighted by molar-refractivity contribution is -0.135. The van der Waals surface area contributed by atoms with Crippen LogP contribution in [0.5, 0.6) is 0 Å². The molecule has 15 heavy (non-hydrogen) atoms. The van der Waals surface area contributed by atoms with Crippen molar-refractivity contribution in [2.24, 2.45) is 0 Å². The number of carboxylic acids is 1. The largest absolute Gasteiger partial charge is 0.481 e. The van der Waals surface area contributed by atoms with Gasteiger partial charge in [0.2, 0.25) is 0 Å². The van der Waals surface area contributed by atoms with E-state index < -0.39 is 5.97 Å². The third kappa shape index (κ3) is 2.12. The zero-order valence-corrected chi connectivity index (χ0v) is 9.75. The molecule has 1 aromatic carbocycles. The number of aryl methyl sites for hydroxylation is 1. The molecule has 0 spiro atoms. The highest BCUT2D eigenvalue weighted by Crippen LogP contribution is 2.34. The number of fused-ring (bicyclic) bond motifs is 1. The Labute approximate surface area is 96.7 Å². The number of allylic oxidation sites excluding steroid dienone is 1. The molecular weight excluding hydrogens is 256 g/mol. The van der Waals surface area contributed by atoms with Gasteiger partial charge in [-0.3, -0.25) is 4.79 Å². The van der Waals surface area contributed by atoms with Crippen molar-refractivity contribution in [2.75, 3.05) is 0 Å². The van der Waals surface area contributed by atoms with E-state index >= 15 is 0 Å². The highest BCUT2D eigenvalue weighted by atomic mass is 79.9. The van der Waals surface area contributed by atoms with Crippen molar-refractivity contribution in [3.63, 3.8) is 0 Å². The lowest BCUT2D eigenvalue weighted by Crippen LogP contribution is -2.04. The van der Waals surface area contributed by atoms with Crippen LogP contribution in [-0.4, -0.2) is 11.1 Å². The number of aliphatic carboxylic acids is 1. The van der Waals surface area contributed by atoms with Crippen LogP contribution in [-0.2, 0) is 11.2 Å². The number of rotatable bonds is 2. The second kappa shape index (κ2) is 4.19. The third-order valence-corrected chi connectivity index (χ3v) is 3.23. The number of hydrogen-bond acceptors (Lipinski definition) is 1. The summed E-state index contributed by atoms with van der Waals surface area (Å²) in [6.45, 7) is 0. The SMILES string of the molecule is O=C(O)CC1=CCCc2cccc(Br)c21. The van der Waals surface area contributed by atoms with Gasteiger partial charge in [-0.25, -0.2) is 0 Å². The van der Waals surface area contributed by atoms with Crippen LogP contribution in [0.25, 0.3) is 5.57 Å². The predicted octanol–water partition coefficient (Wildman–Crippen LogP) is 3.25. The topological polar surface area (TPSA) is 37.3 Å². The van der Waals surface area contributed by atoms with Gasteiger partial charge in [-0.1, -0.05) is 34.1 Å². The first-order chi connectivity index (χ1) is 7.18. The molecule has 0 atom stereocenters. The zero-order valence-electron chi connectivity index (χ0n) is 8.16. The second-order valence-electron chi connectivity index (χ2n) is 3.61. The first kappa shape index (κ1) is 10.4. The molecule has 3 heteroatoms. The smallest absolute Gasteiger partial charge is 0.307 e. The van der Waals surface area contributed by atoms with Crippen molar-refractivity contribution >= 4 is 27.5 Å². The first-order valence-corrected chi connectivity index (χ1v) is 5.66. The molecular formula is C12H11BrO2. The molecule has 1 N–H and O–H groups in total. The summed E-state index contributed by atoms with van der Waals surface area (Å²) < 4.78 is 0.993. The van der Waals surface area contributed by atoms with Crippen LogP contribution < -0.4 is 0 Å². The highest BCUT2D eigenvalue weighted by Gasteiger charge is 2.17. The molecule has 0 heterocycles. The fourth-order valence-electron chi connectivity index (χ4n) is 1.96. The van der Waals surface area contributed by atoms with Gasteiger partial charge in [0, 0.05) is 4.47 Å². The normalized spacial score (nSPS) is 14.3. The minimum Gasteiger partial charge on any atom is -0.481 e. The molecule has 2 rings (SSSR count). The van der Waals surface area contributed by atoms with Gasteiger partial charge in [-0.05, 0) is 35.6 Å². The Morgan fingerprint density at radius 2 is 2.27 bits per heavy atom. The molecule has 0 aliphatic heterocycles. The number of halogens is 1. The van der Waals surface area contributed by atoms with Gasteiger partial charge in [0.15, 0.2) is 0 Å². The van der Waals surface area contributed by atoms with E-state index in [1.807, 2.05) is 18.2 Å². The summed E-state index contributed by atoms with van der Waals surface area (Å²) in [6, 6.07) is 6.02. The van der Waals surface area contributed by atoms with Crippen molar-refractivity contribution in [2.45, 2.75) is 19.3 Å². The molecule has 0 fully saturated rings. The van der Waals surface area contributed by atoms with Gasteiger partial charge in [-0.15, -0.1) is 0 Å². The second-order valence-corrected chi connectivity index (χ2v) is 4.47. The van der Waals surface area contributed by atoms with Crippen molar-refractivity contribution in [1.29, 1.82) is 0 Å². The number of carbonyl (C=O) groups is 1. The standard InChI is InChI=1S/C12H11BrO2/c13-10-6-2-4-8-3-1-5-9(12(8)10)7-11(14)15/h2,4-6H,1,3,7H2,(H,14,15). The molecule has 0 aromatic heterocycles. The molecule has 78 valence electrons. The zero-order chi connectivity index (χ0) is 10.8. The van der Waals surface area contributed by atoms with Crippen LogP contribution in [0, 0.1) is 0 Å². The maximum Gasteiger partial charge on any atom is 0.307 e. The maximum absolute atomic E-state index is 10.7. The predicted molar refractivity (Wildman–Crippen MR) is 62.7 cm³/mol. The van der Waals surface area contributed by atoms with Gasteiger partial charge in [0.25, 0.3) is 0 Å². The minimum absolute atomic E-state index is 0.107. The summed E-state index contributed by atoms with van der Waals surface area (Å²) in [4.78, 5) is 10.7. The van der Waals surface area contributed by atoms with Crippen LogP contribution in [0.1, 0.15) is 24.0 Å². The van der Waals surface area contributed by atoms with Gasteiger partial charge in [0.05, 0.1) is 6.42 Å². The summed E-state index contributed by atoms with van der Waals surface area (Å²) in [5, 5.41) is 8.83. The third-order valence-electron chi connectivity index (χ3n) is 2.57. The average molecular weight is 267 g/mol. The van der Waals surface area contributed by atoms with Crippen LogP contribution in [0.3, 0.4) is 0 Å². The summed E-state index contributed by atoms with van der Waals surface area (Å²) >= 11 is 3.48. The van der Waals surface area contributed by atoms with Crippen LogP contribution >= 0.6 is 15.9 Å². The van der Waals surface area contributed by atoms with Crippen LogP contribution in [0.2, 0.25) is 0 Å². The average Bonchev–Trinajstić information content (AvgIpc) is 2.17. The fraction of sp³-hybridized carbons (Fsp3) is 0.250. The van der Waals surface area contributed by atoms with Crippen molar-refractivity contribution < 1.29 is 9.90 Å². The van der Waals surface area contributed by atoms with Gasteiger partial charge < -0.3 is 5.11 Å². The summed E-state index contributed by atoms with van der Waals surface area (Å²) in [7, 11) is 0. The highest BCUT2D eigenvalue weighted by molar-refractivity contribution is 9.10. The van der Waals surface area contributed by atoms with Gasteiger partial charge >= 0.3 is 5.97 Å². The Bertz CT molecular complexity index is 435. The molecule has 0 bridgehead atoms. The van der Waals surface area contributed by atoms with Crippen molar-refractivity contribution in [3.8, 4) is 0 Å². The molecule has 0 saturated carbocycles.